The number of thioether (sulfide) groups is 1. The Balaban J connectivity index is 1.16. The number of β-lactam (4-membered cyclic amide) rings is 1. The Morgan fingerprint density at radius 1 is 1.14 bits per heavy atom. The lowest BCUT2D eigenvalue weighted by atomic mass is 10.0. The number of amides is 2. The zero-order valence-corrected chi connectivity index (χ0v) is 24.0. The molecule has 0 aliphatic carbocycles. The molecule has 2 aromatic carbocycles. The highest BCUT2D eigenvalue weighted by Crippen LogP contribution is 2.36. The van der Waals surface area contributed by atoms with Crippen LogP contribution in [0.5, 0.6) is 5.75 Å². The fourth-order valence-corrected chi connectivity index (χ4v) is 8.60. The van der Waals surface area contributed by atoms with E-state index >= 15 is 0 Å². The van der Waals surface area contributed by atoms with Crippen LogP contribution in [0.3, 0.4) is 0 Å². The first-order valence-corrected chi connectivity index (χ1v) is 15.8. The van der Waals surface area contributed by atoms with Gasteiger partial charge in [-0.15, -0.1) is 23.1 Å². The van der Waals surface area contributed by atoms with E-state index in [1.807, 2.05) is 6.07 Å². The Hall–Kier alpha value is -4.08. The summed E-state index contributed by atoms with van der Waals surface area (Å²) in [4.78, 5) is 58.6. The van der Waals surface area contributed by atoms with Gasteiger partial charge < -0.3 is 20.3 Å². The number of carboxylic acids is 2. The smallest absolute Gasteiger partial charge is 0.352 e. The van der Waals surface area contributed by atoms with Gasteiger partial charge in [0, 0.05) is 11.3 Å². The summed E-state index contributed by atoms with van der Waals surface area (Å²) in [5.41, 5.74) is 1.33. The van der Waals surface area contributed by atoms with Crippen molar-refractivity contribution < 1.29 is 38.3 Å². The molecule has 12 nitrogen and oxygen atoms in total. The lowest BCUT2D eigenvalue weighted by Crippen LogP contribution is -2.73. The van der Waals surface area contributed by atoms with Crippen molar-refractivity contribution in [1.29, 1.82) is 0 Å². The van der Waals surface area contributed by atoms with E-state index in [1.54, 1.807) is 42.5 Å². The van der Waals surface area contributed by atoms with Crippen molar-refractivity contribution in [2.24, 2.45) is 4.99 Å². The van der Waals surface area contributed by atoms with Gasteiger partial charge in [0.05, 0.1) is 33.2 Å². The van der Waals surface area contributed by atoms with Gasteiger partial charge in [0.2, 0.25) is 5.91 Å². The summed E-state index contributed by atoms with van der Waals surface area (Å²) in [6.07, 6.45) is 0.0338. The normalized spacial score (nSPS) is 23.3. The fourth-order valence-electron chi connectivity index (χ4n) is 4.84. The summed E-state index contributed by atoms with van der Waals surface area (Å²) >= 11 is 2.66. The quantitative estimate of drug-likeness (QED) is 0.296. The molecule has 0 bridgehead atoms. The summed E-state index contributed by atoms with van der Waals surface area (Å²) in [7, 11) is -1.67. The third-order valence-electron chi connectivity index (χ3n) is 6.82. The highest BCUT2D eigenvalue weighted by atomic mass is 32.2. The number of nitrogens with zero attached hydrogens (tertiary/aromatic N) is 3. The Kier molecular flexibility index (Phi) is 7.55. The average molecular weight is 627 g/mol. The van der Waals surface area contributed by atoms with Crippen molar-refractivity contribution in [3.63, 3.8) is 0 Å². The molecule has 3 aliphatic rings. The van der Waals surface area contributed by atoms with Crippen molar-refractivity contribution in [3.05, 3.63) is 70.4 Å². The molecular formula is C27H22N4O8S3. The standard InChI is InChI=1S/C27H22N4O8S3/c32-19(8-13-4-2-1-3-5-13)30-20-24(33)31-21(27(36)37)14(12-42(38)25(20)31)10-39-15-6-7-16-18(9-15)41-23(28-16)22-29-17(11-40-22)26(34)35/h1-7,9,17,20,25H,8,10-12H2,(H,30,32)(H,34,35)(H,36,37)/t17-,20?,25-,42?/m1/s1. The maximum Gasteiger partial charge on any atom is 0.352 e. The lowest BCUT2D eigenvalue weighted by molar-refractivity contribution is -0.151. The van der Waals surface area contributed by atoms with Gasteiger partial charge in [-0.05, 0) is 23.8 Å². The van der Waals surface area contributed by atoms with E-state index in [-0.39, 0.29) is 30.1 Å². The number of thiazole rings is 1. The maximum atomic E-state index is 13.1. The number of aliphatic imine (C=N–C) groups is 1. The number of carbonyl (C=O) groups excluding carboxylic acids is 2. The minimum absolute atomic E-state index is 0.0338. The molecule has 42 heavy (non-hydrogen) atoms. The number of aliphatic carboxylic acids is 2. The minimum atomic E-state index is -1.67. The second kappa shape index (κ2) is 11.3. The SMILES string of the molecule is O=C(Cc1ccccc1)NC1C(=O)N2C(C(=O)O)=C(COc3ccc4nc(C5=N[C@@H](C(=O)O)CS5)sc4c3)CS(=O)[C@H]12. The second-order valence-electron chi connectivity index (χ2n) is 9.63. The number of fused-ring (bicyclic) bond motifs is 2. The molecule has 3 aliphatic heterocycles. The molecule has 2 unspecified atom stereocenters. The molecule has 6 rings (SSSR count). The number of aromatic nitrogens is 1. The first-order valence-electron chi connectivity index (χ1n) is 12.7. The highest BCUT2D eigenvalue weighted by Gasteiger charge is 2.57. The topological polar surface area (TPSA) is 176 Å². The van der Waals surface area contributed by atoms with Gasteiger partial charge in [0.1, 0.15) is 39.5 Å². The number of nitrogens with one attached hydrogen (secondary N) is 1. The molecular weight excluding hydrogens is 605 g/mol. The Bertz CT molecular complexity index is 1720. The first-order chi connectivity index (χ1) is 20.2. The fraction of sp³-hybridized carbons (Fsp3) is 0.259. The zero-order valence-electron chi connectivity index (χ0n) is 21.6. The van der Waals surface area contributed by atoms with E-state index in [9.17, 15) is 33.6 Å². The third-order valence-corrected chi connectivity index (χ3v) is 10.7. The van der Waals surface area contributed by atoms with Crippen molar-refractivity contribution in [3.8, 4) is 5.75 Å². The summed E-state index contributed by atoms with van der Waals surface area (Å²) < 4.78 is 19.8. The van der Waals surface area contributed by atoms with Crippen LogP contribution in [-0.4, -0.2) is 88.7 Å². The van der Waals surface area contributed by atoms with Crippen LogP contribution in [-0.2, 0) is 36.4 Å². The van der Waals surface area contributed by atoms with Crippen LogP contribution < -0.4 is 10.1 Å². The molecule has 3 aromatic rings. The number of hydrogen-bond acceptors (Lipinski definition) is 10. The first kappa shape index (κ1) is 28.1. The van der Waals surface area contributed by atoms with E-state index < -0.39 is 52.0 Å². The third kappa shape index (κ3) is 5.30. The molecule has 0 saturated carbocycles. The van der Waals surface area contributed by atoms with Crippen LogP contribution in [0, 0.1) is 0 Å². The molecule has 1 aromatic heterocycles. The maximum absolute atomic E-state index is 13.1. The Morgan fingerprint density at radius 3 is 2.64 bits per heavy atom. The molecule has 0 radical (unpaired) electrons. The minimum Gasteiger partial charge on any atom is -0.489 e. The van der Waals surface area contributed by atoms with Gasteiger partial charge >= 0.3 is 11.9 Å². The van der Waals surface area contributed by atoms with Crippen molar-refractivity contribution in [2.75, 3.05) is 18.1 Å². The number of benzene rings is 2. The zero-order chi connectivity index (χ0) is 29.5. The molecule has 15 heteroatoms. The summed E-state index contributed by atoms with van der Waals surface area (Å²) in [5, 5.41) is 21.9. The number of carbonyl (C=O) groups is 4. The number of hydrogen-bond donors (Lipinski definition) is 3. The molecule has 1 saturated heterocycles. The van der Waals surface area contributed by atoms with Crippen molar-refractivity contribution in [2.45, 2.75) is 23.9 Å². The summed E-state index contributed by atoms with van der Waals surface area (Å²) in [5.74, 6) is -2.77. The summed E-state index contributed by atoms with van der Waals surface area (Å²) in [6.45, 7) is -0.213. The lowest BCUT2D eigenvalue weighted by Gasteiger charge is -2.49. The van der Waals surface area contributed by atoms with E-state index in [2.05, 4.69) is 15.3 Å². The molecule has 216 valence electrons. The van der Waals surface area contributed by atoms with Crippen LogP contribution in [0.2, 0.25) is 0 Å². The van der Waals surface area contributed by atoms with E-state index in [0.717, 1.165) is 15.2 Å². The monoisotopic (exact) mass is 626 g/mol. The van der Waals surface area contributed by atoms with Crippen LogP contribution in [0.4, 0.5) is 0 Å². The Labute approximate surface area is 248 Å². The summed E-state index contributed by atoms with van der Waals surface area (Å²) in [6, 6.07) is 12.2. The van der Waals surface area contributed by atoms with E-state index in [4.69, 9.17) is 4.74 Å². The van der Waals surface area contributed by atoms with Gasteiger partial charge in [-0.3, -0.25) is 23.7 Å². The van der Waals surface area contributed by atoms with Gasteiger partial charge in [-0.25, -0.2) is 14.6 Å². The Morgan fingerprint density at radius 2 is 1.93 bits per heavy atom. The van der Waals surface area contributed by atoms with Crippen LogP contribution in [0.25, 0.3) is 10.2 Å². The van der Waals surface area contributed by atoms with Crippen molar-refractivity contribution >= 4 is 72.9 Å². The van der Waals surface area contributed by atoms with Crippen LogP contribution in [0.1, 0.15) is 10.6 Å². The molecule has 2 amide bonds. The largest absolute Gasteiger partial charge is 0.489 e. The molecule has 0 spiro atoms. The van der Waals surface area contributed by atoms with Gasteiger partial charge in [0.15, 0.2) is 6.04 Å². The predicted molar refractivity (Wildman–Crippen MR) is 156 cm³/mol. The van der Waals surface area contributed by atoms with E-state index in [0.29, 0.717) is 27.1 Å². The molecule has 1 fully saturated rings. The van der Waals surface area contributed by atoms with Gasteiger partial charge in [0.25, 0.3) is 5.91 Å². The molecule has 4 heterocycles. The highest BCUT2D eigenvalue weighted by molar-refractivity contribution is 8.15. The van der Waals surface area contributed by atoms with Crippen LogP contribution in [0.15, 0.2) is 64.8 Å². The van der Waals surface area contributed by atoms with Crippen LogP contribution >= 0.6 is 23.1 Å². The van der Waals surface area contributed by atoms with E-state index in [1.165, 1.54) is 23.1 Å². The van der Waals surface area contributed by atoms with Gasteiger partial charge in [-0.2, -0.15) is 0 Å². The predicted octanol–water partition coefficient (Wildman–Crippen LogP) is 1.62. The number of carboxylic acid groups (broad SMARTS) is 2. The molecule has 4 atom stereocenters. The average Bonchev–Trinajstić information content (AvgIpc) is 3.62. The number of rotatable bonds is 9. The second-order valence-corrected chi connectivity index (χ2v) is 13.2. The molecule has 3 N–H and O–H groups in total. The van der Waals surface area contributed by atoms with Crippen molar-refractivity contribution in [1.82, 2.24) is 15.2 Å². The van der Waals surface area contributed by atoms with Gasteiger partial charge in [-0.1, -0.05) is 30.3 Å². The number of ether oxygens (including phenoxy) is 1.